The van der Waals surface area contributed by atoms with Crippen molar-refractivity contribution in [1.29, 1.82) is 0 Å². The number of hydrogen-bond donors (Lipinski definition) is 2. The molecule has 5 nitrogen and oxygen atoms in total. The Balaban J connectivity index is 1.94. The monoisotopic (exact) mass is 272 g/mol. The number of carbonyl (C=O) groups is 1. The Labute approximate surface area is 119 Å². The van der Waals surface area contributed by atoms with Crippen LogP contribution in [0.15, 0.2) is 30.5 Å². The van der Waals surface area contributed by atoms with Gasteiger partial charge in [0.2, 0.25) is 0 Å². The Kier molecular flexibility index (Phi) is 4.53. The average Bonchev–Trinajstić information content (AvgIpc) is 2.82. The van der Waals surface area contributed by atoms with Crippen molar-refractivity contribution in [3.05, 3.63) is 52.8 Å². The lowest BCUT2D eigenvalue weighted by Crippen LogP contribution is -2.23. The van der Waals surface area contributed by atoms with Gasteiger partial charge in [0.25, 0.3) is 5.91 Å². The largest absolute Gasteiger partial charge is 0.348 e. The number of rotatable bonds is 5. The van der Waals surface area contributed by atoms with Crippen LogP contribution >= 0.6 is 0 Å². The van der Waals surface area contributed by atoms with Gasteiger partial charge in [-0.05, 0) is 38.7 Å². The maximum atomic E-state index is 12.0. The number of benzene rings is 1. The van der Waals surface area contributed by atoms with Crippen LogP contribution in [0.25, 0.3) is 0 Å². The number of hydrogen-bond acceptors (Lipinski definition) is 3. The lowest BCUT2D eigenvalue weighted by atomic mass is 10.1. The summed E-state index contributed by atoms with van der Waals surface area (Å²) in [6.45, 7) is 3.29. The summed E-state index contributed by atoms with van der Waals surface area (Å²) in [4.78, 5) is 14.1. The first-order valence-electron chi connectivity index (χ1n) is 6.57. The molecule has 0 saturated heterocycles. The molecule has 0 aliphatic rings. The second kappa shape index (κ2) is 6.34. The van der Waals surface area contributed by atoms with Crippen molar-refractivity contribution in [1.82, 2.24) is 20.4 Å². The van der Waals surface area contributed by atoms with Crippen molar-refractivity contribution in [2.45, 2.75) is 20.0 Å². The minimum absolute atomic E-state index is 0.0676. The summed E-state index contributed by atoms with van der Waals surface area (Å²) >= 11 is 0. The summed E-state index contributed by atoms with van der Waals surface area (Å²) in [6, 6.07) is 7.68. The van der Waals surface area contributed by atoms with Crippen LogP contribution in [0.3, 0.4) is 0 Å². The van der Waals surface area contributed by atoms with E-state index in [0.29, 0.717) is 12.1 Å². The Morgan fingerprint density at radius 2 is 2.00 bits per heavy atom. The number of H-pyrrole nitrogens is 1. The number of amides is 1. The molecule has 1 aromatic carbocycles. The highest BCUT2D eigenvalue weighted by Crippen LogP contribution is 2.07. The van der Waals surface area contributed by atoms with E-state index >= 15 is 0 Å². The highest BCUT2D eigenvalue weighted by Gasteiger charge is 2.07. The summed E-state index contributed by atoms with van der Waals surface area (Å²) in [5.41, 5.74) is 3.85. The normalized spacial score (nSPS) is 10.8. The third-order valence-corrected chi connectivity index (χ3v) is 3.09. The number of aryl methyl sites for hydroxylation is 1. The predicted molar refractivity (Wildman–Crippen MR) is 78.3 cm³/mol. The highest BCUT2D eigenvalue weighted by molar-refractivity contribution is 5.94. The molecule has 0 atom stereocenters. The fraction of sp³-hybridized carbons (Fsp3) is 0.333. The number of aromatic amines is 1. The Hall–Kier alpha value is -2.14. The molecule has 0 aliphatic heterocycles. The van der Waals surface area contributed by atoms with E-state index in [9.17, 15) is 4.79 Å². The van der Waals surface area contributed by atoms with Gasteiger partial charge in [-0.1, -0.05) is 12.1 Å². The molecule has 2 aromatic rings. The molecule has 1 amide bonds. The molecule has 5 heteroatoms. The van der Waals surface area contributed by atoms with Crippen LogP contribution in [0.4, 0.5) is 0 Å². The van der Waals surface area contributed by atoms with Crippen LogP contribution in [0, 0.1) is 6.92 Å². The third-order valence-electron chi connectivity index (χ3n) is 3.09. The van der Waals surface area contributed by atoms with Gasteiger partial charge in [0.1, 0.15) is 0 Å². The zero-order chi connectivity index (χ0) is 14.5. The molecule has 0 radical (unpaired) electrons. The first-order chi connectivity index (χ1) is 9.56. The van der Waals surface area contributed by atoms with E-state index < -0.39 is 0 Å². The zero-order valence-corrected chi connectivity index (χ0v) is 12.1. The second-order valence-electron chi connectivity index (χ2n) is 5.14. The molecule has 0 saturated carbocycles. The van der Waals surface area contributed by atoms with Gasteiger partial charge in [0.15, 0.2) is 0 Å². The first-order valence-corrected chi connectivity index (χ1v) is 6.57. The minimum Gasteiger partial charge on any atom is -0.348 e. The van der Waals surface area contributed by atoms with E-state index in [0.717, 1.165) is 17.8 Å². The molecule has 2 rings (SSSR count). The molecule has 0 bridgehead atoms. The van der Waals surface area contributed by atoms with Crippen LogP contribution in [-0.2, 0) is 13.1 Å². The van der Waals surface area contributed by atoms with Crippen LogP contribution in [0.1, 0.15) is 27.2 Å². The average molecular weight is 272 g/mol. The van der Waals surface area contributed by atoms with Gasteiger partial charge in [-0.15, -0.1) is 0 Å². The van der Waals surface area contributed by atoms with Crippen molar-refractivity contribution in [2.75, 3.05) is 14.1 Å². The quantitative estimate of drug-likeness (QED) is 0.871. The second-order valence-corrected chi connectivity index (χ2v) is 5.14. The molecular formula is C15H20N4O. The van der Waals surface area contributed by atoms with Gasteiger partial charge in [-0.25, -0.2) is 0 Å². The minimum atomic E-state index is -0.0676. The van der Waals surface area contributed by atoms with Gasteiger partial charge in [0, 0.05) is 29.9 Å². The number of aromatic nitrogens is 2. The Bertz CT molecular complexity index is 572. The van der Waals surface area contributed by atoms with E-state index in [1.165, 1.54) is 5.56 Å². The van der Waals surface area contributed by atoms with E-state index in [-0.39, 0.29) is 5.91 Å². The summed E-state index contributed by atoms with van der Waals surface area (Å²) in [5, 5.41) is 9.68. The molecule has 1 heterocycles. The lowest BCUT2D eigenvalue weighted by molar-refractivity contribution is 0.0951. The summed E-state index contributed by atoms with van der Waals surface area (Å²) < 4.78 is 0. The van der Waals surface area contributed by atoms with Gasteiger partial charge in [-0.2, -0.15) is 5.10 Å². The van der Waals surface area contributed by atoms with Crippen molar-refractivity contribution >= 4 is 5.91 Å². The van der Waals surface area contributed by atoms with E-state index in [1.54, 1.807) is 6.20 Å². The summed E-state index contributed by atoms with van der Waals surface area (Å²) in [7, 11) is 4.04. The summed E-state index contributed by atoms with van der Waals surface area (Å²) in [5.74, 6) is -0.0676. The van der Waals surface area contributed by atoms with Crippen LogP contribution in [0.5, 0.6) is 0 Å². The molecule has 0 unspecified atom stereocenters. The number of nitrogens with zero attached hydrogens (tertiary/aromatic N) is 2. The van der Waals surface area contributed by atoms with Gasteiger partial charge >= 0.3 is 0 Å². The molecule has 1 aromatic heterocycles. The van der Waals surface area contributed by atoms with Crippen molar-refractivity contribution < 1.29 is 4.79 Å². The van der Waals surface area contributed by atoms with Crippen molar-refractivity contribution in [2.24, 2.45) is 0 Å². The number of nitrogens with one attached hydrogen (secondary N) is 2. The van der Waals surface area contributed by atoms with Gasteiger partial charge in [0.05, 0.1) is 6.20 Å². The van der Waals surface area contributed by atoms with E-state index in [4.69, 9.17) is 0 Å². The van der Waals surface area contributed by atoms with Crippen LogP contribution in [0.2, 0.25) is 0 Å². The Morgan fingerprint density at radius 3 is 2.55 bits per heavy atom. The lowest BCUT2D eigenvalue weighted by Gasteiger charge is -2.10. The van der Waals surface area contributed by atoms with Crippen molar-refractivity contribution in [3.63, 3.8) is 0 Å². The third kappa shape index (κ3) is 3.68. The first kappa shape index (κ1) is 14.3. The SMILES string of the molecule is Cc1[nH]ncc1CNC(=O)c1ccc(CN(C)C)cc1. The highest BCUT2D eigenvalue weighted by atomic mass is 16.1. The number of carbonyl (C=O) groups excluding carboxylic acids is 1. The summed E-state index contributed by atoms with van der Waals surface area (Å²) in [6.07, 6.45) is 1.73. The topological polar surface area (TPSA) is 61.0 Å². The van der Waals surface area contributed by atoms with Crippen molar-refractivity contribution in [3.8, 4) is 0 Å². The molecule has 106 valence electrons. The van der Waals surface area contributed by atoms with Gasteiger partial charge in [-0.3, -0.25) is 9.89 Å². The van der Waals surface area contributed by atoms with Crippen LogP contribution < -0.4 is 5.32 Å². The molecule has 20 heavy (non-hydrogen) atoms. The van der Waals surface area contributed by atoms with E-state index in [1.807, 2.05) is 45.3 Å². The van der Waals surface area contributed by atoms with E-state index in [2.05, 4.69) is 20.4 Å². The standard InChI is InChI=1S/C15H20N4O/c1-11-14(9-17-18-11)8-16-15(20)13-6-4-12(5-7-13)10-19(2)3/h4-7,9H,8,10H2,1-3H3,(H,16,20)(H,17,18). The smallest absolute Gasteiger partial charge is 0.251 e. The molecule has 0 spiro atoms. The maximum absolute atomic E-state index is 12.0. The molecule has 0 fully saturated rings. The molecular weight excluding hydrogens is 252 g/mol. The predicted octanol–water partition coefficient (Wildman–Crippen LogP) is 1.71. The molecule has 0 aliphatic carbocycles. The zero-order valence-electron chi connectivity index (χ0n) is 12.1. The molecule has 2 N–H and O–H groups in total. The maximum Gasteiger partial charge on any atom is 0.251 e. The fourth-order valence-corrected chi connectivity index (χ4v) is 1.96. The van der Waals surface area contributed by atoms with Crippen LogP contribution in [-0.4, -0.2) is 35.1 Å². The van der Waals surface area contributed by atoms with Gasteiger partial charge < -0.3 is 10.2 Å². The fourth-order valence-electron chi connectivity index (χ4n) is 1.96. The Morgan fingerprint density at radius 1 is 1.30 bits per heavy atom.